The monoisotopic (exact) mass is 324 g/mol. The number of carbonyl (C=O) groups is 1. The van der Waals surface area contributed by atoms with Crippen LogP contribution >= 0.6 is 0 Å². The molecule has 0 aliphatic carbocycles. The van der Waals surface area contributed by atoms with E-state index in [0.29, 0.717) is 24.1 Å². The van der Waals surface area contributed by atoms with Gasteiger partial charge in [0.05, 0.1) is 5.54 Å². The first-order valence-corrected chi connectivity index (χ1v) is 8.13. The first kappa shape index (κ1) is 15.3. The molecule has 2 atom stereocenters. The zero-order valence-corrected chi connectivity index (χ0v) is 13.5. The van der Waals surface area contributed by atoms with E-state index in [1.807, 2.05) is 43.3 Å². The Hall–Kier alpha value is -2.21. The van der Waals surface area contributed by atoms with Crippen molar-refractivity contribution in [2.24, 2.45) is 0 Å². The van der Waals surface area contributed by atoms with Gasteiger partial charge in [-0.2, -0.15) is 5.06 Å². The molecule has 2 aromatic rings. The van der Waals surface area contributed by atoms with Crippen molar-refractivity contribution in [2.45, 2.75) is 31.2 Å². The van der Waals surface area contributed by atoms with Crippen LogP contribution in [0, 0.1) is 0 Å². The Morgan fingerprint density at radius 1 is 1.12 bits per heavy atom. The second-order valence-corrected chi connectivity index (χ2v) is 6.74. The molecule has 2 aliphatic heterocycles. The summed E-state index contributed by atoms with van der Waals surface area (Å²) in [5.74, 6) is -0.176. The van der Waals surface area contributed by atoms with Gasteiger partial charge >= 0.3 is 0 Å². The molecule has 0 unspecified atom stereocenters. The Morgan fingerprint density at radius 2 is 1.79 bits per heavy atom. The fourth-order valence-corrected chi connectivity index (χ4v) is 4.00. The van der Waals surface area contributed by atoms with E-state index >= 15 is 0 Å². The fourth-order valence-electron chi connectivity index (χ4n) is 4.00. The van der Waals surface area contributed by atoms with Crippen LogP contribution in [0.15, 0.2) is 54.6 Å². The number of hydroxylamine groups is 2. The molecule has 2 aliphatic rings. The van der Waals surface area contributed by atoms with Crippen LogP contribution < -0.4 is 0 Å². The van der Waals surface area contributed by atoms with Crippen LogP contribution in [0.1, 0.15) is 34.8 Å². The Kier molecular flexibility index (Phi) is 3.28. The van der Waals surface area contributed by atoms with Crippen molar-refractivity contribution in [3.8, 4) is 0 Å². The predicted octanol–water partition coefficient (Wildman–Crippen LogP) is 2.34. The number of fused-ring (bicyclic) bond motifs is 3. The van der Waals surface area contributed by atoms with E-state index in [9.17, 15) is 15.1 Å². The summed E-state index contributed by atoms with van der Waals surface area (Å²) in [5, 5.41) is 23.5. The number of hydrogen-bond donors (Lipinski definition) is 2. The lowest BCUT2D eigenvalue weighted by molar-refractivity contribution is -0.252. The van der Waals surface area contributed by atoms with Gasteiger partial charge in [0.15, 0.2) is 5.72 Å². The average Bonchev–Trinajstić information content (AvgIpc) is 3.00. The van der Waals surface area contributed by atoms with Crippen molar-refractivity contribution in [2.75, 3.05) is 6.54 Å². The van der Waals surface area contributed by atoms with Gasteiger partial charge in [-0.05, 0) is 25.0 Å². The predicted molar refractivity (Wildman–Crippen MR) is 88.2 cm³/mol. The summed E-state index contributed by atoms with van der Waals surface area (Å²) in [6, 6.07) is 16.7. The highest BCUT2D eigenvalue weighted by molar-refractivity contribution is 6.00. The summed E-state index contributed by atoms with van der Waals surface area (Å²) < 4.78 is 0. The summed E-state index contributed by atoms with van der Waals surface area (Å²) in [4.78, 5) is 14.1. The van der Waals surface area contributed by atoms with Gasteiger partial charge in [-0.1, -0.05) is 48.5 Å². The third-order valence-electron chi connectivity index (χ3n) is 5.49. The van der Waals surface area contributed by atoms with Gasteiger partial charge in [0.25, 0.3) is 5.91 Å². The van der Waals surface area contributed by atoms with Gasteiger partial charge in [-0.15, -0.1) is 0 Å². The molecule has 0 radical (unpaired) electrons. The molecular weight excluding hydrogens is 304 g/mol. The molecular formula is C19H20N2O3. The van der Waals surface area contributed by atoms with E-state index < -0.39 is 11.3 Å². The van der Waals surface area contributed by atoms with E-state index in [2.05, 4.69) is 0 Å². The van der Waals surface area contributed by atoms with Gasteiger partial charge in [0, 0.05) is 24.2 Å². The molecule has 0 bridgehead atoms. The third-order valence-corrected chi connectivity index (χ3v) is 5.49. The highest BCUT2D eigenvalue weighted by atomic mass is 16.5. The Labute approximate surface area is 140 Å². The van der Waals surface area contributed by atoms with Crippen LogP contribution in [-0.4, -0.2) is 38.3 Å². The van der Waals surface area contributed by atoms with E-state index in [-0.39, 0.29) is 12.5 Å². The molecule has 2 aromatic carbocycles. The maximum atomic E-state index is 12.6. The minimum Gasteiger partial charge on any atom is -0.365 e. The molecule has 0 spiro atoms. The molecule has 2 N–H and O–H groups in total. The summed E-state index contributed by atoms with van der Waals surface area (Å²) in [7, 11) is 0. The normalized spacial score (nSPS) is 28.3. The van der Waals surface area contributed by atoms with Gasteiger partial charge in [0.2, 0.25) is 0 Å². The number of amides is 1. The quantitative estimate of drug-likeness (QED) is 0.851. The zero-order valence-electron chi connectivity index (χ0n) is 13.5. The van der Waals surface area contributed by atoms with Crippen molar-refractivity contribution in [1.82, 2.24) is 9.96 Å². The van der Waals surface area contributed by atoms with E-state index in [4.69, 9.17) is 0 Å². The van der Waals surface area contributed by atoms with E-state index in [0.717, 1.165) is 5.56 Å². The van der Waals surface area contributed by atoms with Crippen LogP contribution in [0.5, 0.6) is 0 Å². The third kappa shape index (κ3) is 1.83. The summed E-state index contributed by atoms with van der Waals surface area (Å²) in [5.41, 5.74) is -0.475. The van der Waals surface area contributed by atoms with Crippen LogP contribution in [0.3, 0.4) is 0 Å². The standard InChI is InChI=1S/C19H20N2O3/c1-18(21(24)13-14-7-3-2-4-8-14)11-12-20-17(22)15-9-5-6-10-16(15)19(18,20)23/h2-10,23-24H,11-13H2,1H3/t18-,19-/m0/s1. The maximum Gasteiger partial charge on any atom is 0.256 e. The van der Waals surface area contributed by atoms with Crippen LogP contribution in [-0.2, 0) is 12.3 Å². The number of nitrogens with zero attached hydrogens (tertiary/aromatic N) is 2. The summed E-state index contributed by atoms with van der Waals surface area (Å²) in [6.45, 7) is 2.50. The van der Waals surface area contributed by atoms with Gasteiger partial charge in [-0.25, -0.2) is 0 Å². The van der Waals surface area contributed by atoms with Crippen molar-refractivity contribution in [3.63, 3.8) is 0 Å². The number of carbonyl (C=O) groups excluding carboxylic acids is 1. The Bertz CT molecular complexity index is 794. The molecule has 24 heavy (non-hydrogen) atoms. The average molecular weight is 324 g/mol. The topological polar surface area (TPSA) is 64.0 Å². The first-order chi connectivity index (χ1) is 11.5. The molecule has 1 saturated heterocycles. The number of aliphatic hydroxyl groups is 1. The van der Waals surface area contributed by atoms with Crippen molar-refractivity contribution >= 4 is 5.91 Å². The van der Waals surface area contributed by atoms with Crippen molar-refractivity contribution < 1.29 is 15.1 Å². The van der Waals surface area contributed by atoms with E-state index in [1.54, 1.807) is 18.2 Å². The number of rotatable bonds is 3. The van der Waals surface area contributed by atoms with Crippen LogP contribution in [0.4, 0.5) is 0 Å². The molecule has 0 aromatic heterocycles. The molecule has 4 rings (SSSR count). The number of benzene rings is 2. The minimum atomic E-state index is -1.52. The Balaban J connectivity index is 1.75. The van der Waals surface area contributed by atoms with Crippen LogP contribution in [0.25, 0.3) is 0 Å². The molecule has 0 saturated carbocycles. The molecule has 5 heteroatoms. The number of hydrogen-bond acceptors (Lipinski definition) is 4. The SMILES string of the molecule is C[C@]1(N(O)Cc2ccccc2)CCN2C(=O)c3ccccc3[C@@]21O. The largest absolute Gasteiger partial charge is 0.365 e. The van der Waals surface area contributed by atoms with Crippen molar-refractivity contribution in [3.05, 3.63) is 71.3 Å². The molecule has 124 valence electrons. The second kappa shape index (κ2) is 5.14. The first-order valence-electron chi connectivity index (χ1n) is 8.13. The lowest BCUT2D eigenvalue weighted by atomic mass is 9.83. The van der Waals surface area contributed by atoms with E-state index in [1.165, 1.54) is 9.96 Å². The second-order valence-electron chi connectivity index (χ2n) is 6.74. The van der Waals surface area contributed by atoms with Gasteiger partial charge < -0.3 is 15.2 Å². The lowest BCUT2D eigenvalue weighted by Crippen LogP contribution is -2.59. The summed E-state index contributed by atoms with van der Waals surface area (Å²) in [6.07, 6.45) is 0.493. The van der Waals surface area contributed by atoms with Gasteiger partial charge in [-0.3, -0.25) is 4.79 Å². The summed E-state index contributed by atoms with van der Waals surface area (Å²) >= 11 is 0. The van der Waals surface area contributed by atoms with Crippen molar-refractivity contribution in [1.29, 1.82) is 0 Å². The maximum absolute atomic E-state index is 12.6. The molecule has 1 fully saturated rings. The minimum absolute atomic E-state index is 0.176. The van der Waals surface area contributed by atoms with Gasteiger partial charge in [0.1, 0.15) is 0 Å². The fraction of sp³-hybridized carbons (Fsp3) is 0.316. The zero-order chi connectivity index (χ0) is 16.9. The molecule has 2 heterocycles. The smallest absolute Gasteiger partial charge is 0.256 e. The highest BCUT2D eigenvalue weighted by Crippen LogP contribution is 2.52. The molecule has 5 nitrogen and oxygen atoms in total. The Morgan fingerprint density at radius 3 is 2.54 bits per heavy atom. The lowest BCUT2D eigenvalue weighted by Gasteiger charge is -2.44. The van der Waals surface area contributed by atoms with Crippen LogP contribution in [0.2, 0.25) is 0 Å². The molecule has 1 amide bonds. The highest BCUT2D eigenvalue weighted by Gasteiger charge is 2.65.